The number of amides is 1. The summed E-state index contributed by atoms with van der Waals surface area (Å²) in [5.74, 6) is 1.44. The average Bonchev–Trinajstić information content (AvgIpc) is 2.76. The van der Waals surface area contributed by atoms with Crippen molar-refractivity contribution >= 4 is 44.8 Å². The van der Waals surface area contributed by atoms with Gasteiger partial charge in [0.15, 0.2) is 0 Å². The van der Waals surface area contributed by atoms with Crippen LogP contribution in [0.25, 0.3) is 0 Å². The van der Waals surface area contributed by atoms with Crippen LogP contribution in [0.2, 0.25) is 0 Å². The number of piperidine rings is 1. The van der Waals surface area contributed by atoms with Crippen LogP contribution in [0, 0.1) is 5.92 Å². The lowest BCUT2D eigenvalue weighted by atomic mass is 9.95. The molecule has 1 amide bonds. The molecule has 0 spiro atoms. The fourth-order valence-electron chi connectivity index (χ4n) is 2.22. The third-order valence-corrected chi connectivity index (χ3v) is 4.94. The van der Waals surface area contributed by atoms with Crippen LogP contribution in [-0.2, 0) is 0 Å². The highest BCUT2D eigenvalue weighted by Crippen LogP contribution is 2.26. The third kappa shape index (κ3) is 3.46. The molecule has 2 heterocycles. The van der Waals surface area contributed by atoms with Gasteiger partial charge in [0.1, 0.15) is 0 Å². The molecule has 2 rings (SSSR count). The number of likely N-dealkylation sites (tertiary alicyclic amines) is 1. The minimum atomic E-state index is 0.167. The van der Waals surface area contributed by atoms with Gasteiger partial charge in [0, 0.05) is 19.0 Å². The van der Waals surface area contributed by atoms with Gasteiger partial charge in [-0.2, -0.15) is 0 Å². The number of halogens is 2. The topological polar surface area (TPSA) is 20.3 Å². The lowest BCUT2D eigenvalue weighted by Gasteiger charge is -2.32. The first kappa shape index (κ1) is 13.4. The van der Waals surface area contributed by atoms with E-state index in [1.165, 1.54) is 17.8 Å². The van der Waals surface area contributed by atoms with Gasteiger partial charge < -0.3 is 4.90 Å². The standard InChI is InChI=1S/C12H15BrClNOS/c13-11-4-3-10(17-11)12(16)15-7-1-2-9(8-15)5-6-14/h3-4,9H,1-2,5-8H2. The van der Waals surface area contributed by atoms with E-state index in [1.807, 2.05) is 17.0 Å². The highest BCUT2D eigenvalue weighted by Gasteiger charge is 2.24. The fourth-order valence-corrected chi connectivity index (χ4v) is 3.89. The predicted molar refractivity (Wildman–Crippen MR) is 76.0 cm³/mol. The Morgan fingerprint density at radius 3 is 3.06 bits per heavy atom. The largest absolute Gasteiger partial charge is 0.338 e. The van der Waals surface area contributed by atoms with Gasteiger partial charge in [-0.25, -0.2) is 0 Å². The van der Waals surface area contributed by atoms with Crippen molar-refractivity contribution in [2.75, 3.05) is 19.0 Å². The van der Waals surface area contributed by atoms with Crippen LogP contribution in [0.3, 0.4) is 0 Å². The molecule has 0 saturated carbocycles. The zero-order valence-corrected chi connectivity index (χ0v) is 12.7. The molecule has 1 aromatic heterocycles. The van der Waals surface area contributed by atoms with Crippen molar-refractivity contribution in [3.63, 3.8) is 0 Å². The molecule has 1 fully saturated rings. The van der Waals surface area contributed by atoms with Gasteiger partial charge in [-0.1, -0.05) is 0 Å². The van der Waals surface area contributed by atoms with Gasteiger partial charge in [-0.3, -0.25) is 4.79 Å². The summed E-state index contributed by atoms with van der Waals surface area (Å²) in [5.41, 5.74) is 0. The van der Waals surface area contributed by atoms with Crippen molar-refractivity contribution in [1.29, 1.82) is 0 Å². The first-order valence-corrected chi connectivity index (χ1v) is 7.95. The molecular formula is C12H15BrClNOS. The summed E-state index contributed by atoms with van der Waals surface area (Å²) in [4.78, 5) is 15.0. The average molecular weight is 337 g/mol. The van der Waals surface area contributed by atoms with Crippen LogP contribution in [0.1, 0.15) is 28.9 Å². The maximum atomic E-state index is 12.2. The van der Waals surface area contributed by atoms with Crippen LogP contribution in [0.5, 0.6) is 0 Å². The van der Waals surface area contributed by atoms with Crippen molar-refractivity contribution in [2.45, 2.75) is 19.3 Å². The number of nitrogens with zero attached hydrogens (tertiary/aromatic N) is 1. The molecule has 2 nitrogen and oxygen atoms in total. The molecule has 1 aromatic rings. The van der Waals surface area contributed by atoms with Gasteiger partial charge in [0.05, 0.1) is 8.66 Å². The molecular weight excluding hydrogens is 322 g/mol. The number of hydrogen-bond donors (Lipinski definition) is 0. The zero-order chi connectivity index (χ0) is 12.3. The van der Waals surface area contributed by atoms with Gasteiger partial charge in [0.25, 0.3) is 5.91 Å². The molecule has 0 aliphatic carbocycles. The summed E-state index contributed by atoms with van der Waals surface area (Å²) in [6.45, 7) is 1.74. The molecule has 17 heavy (non-hydrogen) atoms. The van der Waals surface area contributed by atoms with Crippen molar-refractivity contribution in [2.24, 2.45) is 5.92 Å². The smallest absolute Gasteiger partial charge is 0.263 e. The van der Waals surface area contributed by atoms with Crippen molar-refractivity contribution in [3.8, 4) is 0 Å². The monoisotopic (exact) mass is 335 g/mol. The summed E-state index contributed by atoms with van der Waals surface area (Å²) in [7, 11) is 0. The summed E-state index contributed by atoms with van der Waals surface area (Å²) in [6, 6.07) is 3.82. The van der Waals surface area contributed by atoms with Crippen LogP contribution in [0.15, 0.2) is 15.9 Å². The zero-order valence-electron chi connectivity index (χ0n) is 9.49. The van der Waals surface area contributed by atoms with E-state index in [2.05, 4.69) is 15.9 Å². The Morgan fingerprint density at radius 1 is 1.59 bits per heavy atom. The second kappa shape index (κ2) is 6.21. The van der Waals surface area contributed by atoms with Gasteiger partial charge >= 0.3 is 0 Å². The Labute approximate surface area is 119 Å². The second-order valence-corrected chi connectivity index (χ2v) is 7.18. The molecule has 94 valence electrons. The maximum absolute atomic E-state index is 12.2. The molecule has 1 saturated heterocycles. The van der Waals surface area contributed by atoms with E-state index >= 15 is 0 Å². The summed E-state index contributed by atoms with van der Waals surface area (Å²) in [6.07, 6.45) is 3.31. The molecule has 1 unspecified atom stereocenters. The number of rotatable bonds is 3. The first-order valence-electron chi connectivity index (χ1n) is 5.81. The lowest BCUT2D eigenvalue weighted by Crippen LogP contribution is -2.39. The molecule has 0 radical (unpaired) electrons. The fraction of sp³-hybridized carbons (Fsp3) is 0.583. The quantitative estimate of drug-likeness (QED) is 0.764. The van der Waals surface area contributed by atoms with E-state index in [0.717, 1.165) is 34.6 Å². The second-order valence-electron chi connectivity index (χ2n) is 4.34. The molecule has 1 aliphatic heterocycles. The Bertz CT molecular complexity index is 394. The third-order valence-electron chi connectivity index (χ3n) is 3.11. The van der Waals surface area contributed by atoms with Gasteiger partial charge in [-0.15, -0.1) is 22.9 Å². The normalized spacial score (nSPS) is 20.6. The molecule has 0 bridgehead atoms. The van der Waals surface area contributed by atoms with Crippen LogP contribution < -0.4 is 0 Å². The predicted octanol–water partition coefficient (Wildman–Crippen LogP) is 3.99. The number of thiophene rings is 1. The molecule has 0 aromatic carbocycles. The van der Waals surface area contributed by atoms with Crippen molar-refractivity contribution in [1.82, 2.24) is 4.90 Å². The number of hydrogen-bond acceptors (Lipinski definition) is 2. The minimum Gasteiger partial charge on any atom is -0.338 e. The number of carbonyl (C=O) groups is 1. The molecule has 1 atom stereocenters. The van der Waals surface area contributed by atoms with E-state index in [0.29, 0.717) is 11.8 Å². The van der Waals surface area contributed by atoms with E-state index in [-0.39, 0.29) is 5.91 Å². The van der Waals surface area contributed by atoms with Crippen LogP contribution >= 0.6 is 38.9 Å². The summed E-state index contributed by atoms with van der Waals surface area (Å²) in [5, 5.41) is 0. The van der Waals surface area contributed by atoms with Gasteiger partial charge in [0.2, 0.25) is 0 Å². The molecule has 1 aliphatic rings. The Hall–Kier alpha value is -0.0600. The maximum Gasteiger partial charge on any atom is 0.263 e. The first-order chi connectivity index (χ1) is 8.20. The Morgan fingerprint density at radius 2 is 2.41 bits per heavy atom. The van der Waals surface area contributed by atoms with Crippen LogP contribution in [-0.4, -0.2) is 29.8 Å². The van der Waals surface area contributed by atoms with Crippen molar-refractivity contribution in [3.05, 3.63) is 20.8 Å². The minimum absolute atomic E-state index is 0.167. The highest BCUT2D eigenvalue weighted by molar-refractivity contribution is 9.11. The van der Waals surface area contributed by atoms with Gasteiger partial charge in [-0.05, 0) is 53.2 Å². The Kier molecular flexibility index (Phi) is 4.88. The van der Waals surface area contributed by atoms with Crippen molar-refractivity contribution < 1.29 is 4.79 Å². The van der Waals surface area contributed by atoms with E-state index in [4.69, 9.17) is 11.6 Å². The van der Waals surface area contributed by atoms with E-state index in [9.17, 15) is 4.79 Å². The van der Waals surface area contributed by atoms with E-state index < -0.39 is 0 Å². The summed E-state index contributed by atoms with van der Waals surface area (Å²) < 4.78 is 1.01. The molecule has 5 heteroatoms. The summed E-state index contributed by atoms with van der Waals surface area (Å²) >= 11 is 10.7. The SMILES string of the molecule is O=C(c1ccc(Br)s1)N1CCCC(CCCl)C1. The number of alkyl halides is 1. The van der Waals surface area contributed by atoms with E-state index in [1.54, 1.807) is 0 Å². The lowest BCUT2D eigenvalue weighted by molar-refractivity contribution is 0.0676. The number of carbonyl (C=O) groups excluding carboxylic acids is 1. The Balaban J connectivity index is 1.99. The van der Waals surface area contributed by atoms with Crippen LogP contribution in [0.4, 0.5) is 0 Å². The highest BCUT2D eigenvalue weighted by atomic mass is 79.9. The molecule has 0 N–H and O–H groups in total.